The van der Waals surface area contributed by atoms with Gasteiger partial charge in [-0.25, -0.2) is 4.98 Å². The molecular weight excluding hydrogens is 274 g/mol. The predicted octanol–water partition coefficient (Wildman–Crippen LogP) is 2.58. The molecule has 1 aromatic carbocycles. The van der Waals surface area contributed by atoms with E-state index >= 15 is 0 Å². The third kappa shape index (κ3) is 4.10. The number of rotatable bonds is 5. The Labute approximate surface area is 132 Å². The van der Waals surface area contributed by atoms with E-state index in [1.165, 1.54) is 5.56 Å². The number of guanidine groups is 1. The molecule has 1 aromatic heterocycles. The van der Waals surface area contributed by atoms with Crippen LogP contribution in [-0.4, -0.2) is 28.6 Å². The molecular formula is C17H25N5. The number of aromatic nitrogens is 2. The third-order valence-corrected chi connectivity index (χ3v) is 3.81. The van der Waals surface area contributed by atoms with Gasteiger partial charge in [-0.05, 0) is 24.5 Å². The van der Waals surface area contributed by atoms with E-state index in [0.717, 1.165) is 11.6 Å². The summed E-state index contributed by atoms with van der Waals surface area (Å²) < 4.78 is 2.02. The van der Waals surface area contributed by atoms with Gasteiger partial charge < -0.3 is 15.2 Å². The quantitative estimate of drug-likeness (QED) is 0.659. The molecule has 0 saturated heterocycles. The second kappa shape index (κ2) is 7.64. The molecule has 0 aliphatic heterocycles. The molecule has 0 aliphatic rings. The maximum Gasteiger partial charge on any atom is 0.191 e. The number of nitrogens with zero attached hydrogens (tertiary/aromatic N) is 3. The first-order valence-corrected chi connectivity index (χ1v) is 7.65. The summed E-state index contributed by atoms with van der Waals surface area (Å²) in [6, 6.07) is 8.65. The molecule has 2 rings (SSSR count). The van der Waals surface area contributed by atoms with Crippen molar-refractivity contribution in [1.82, 2.24) is 20.2 Å². The van der Waals surface area contributed by atoms with Crippen LogP contribution in [0.1, 0.15) is 26.3 Å². The lowest BCUT2D eigenvalue weighted by Crippen LogP contribution is -2.43. The van der Waals surface area contributed by atoms with Gasteiger partial charge in [0.15, 0.2) is 5.96 Å². The number of imidazole rings is 1. The van der Waals surface area contributed by atoms with Gasteiger partial charge in [-0.3, -0.25) is 4.99 Å². The van der Waals surface area contributed by atoms with Crippen molar-refractivity contribution in [3.05, 3.63) is 48.5 Å². The highest BCUT2D eigenvalue weighted by Crippen LogP contribution is 2.13. The summed E-state index contributed by atoms with van der Waals surface area (Å²) >= 11 is 0. The minimum absolute atomic E-state index is 0.370. The summed E-state index contributed by atoms with van der Waals surface area (Å²) in [6.07, 6.45) is 5.55. The molecule has 0 fully saturated rings. The number of aliphatic imine (C=N–C) groups is 1. The number of para-hydroxylation sites is 1. The van der Waals surface area contributed by atoms with Crippen LogP contribution in [0.25, 0.3) is 5.69 Å². The first-order chi connectivity index (χ1) is 10.6. The number of hydrogen-bond acceptors (Lipinski definition) is 2. The molecule has 0 amide bonds. The monoisotopic (exact) mass is 299 g/mol. The molecule has 22 heavy (non-hydrogen) atoms. The van der Waals surface area contributed by atoms with E-state index in [2.05, 4.69) is 53.5 Å². The zero-order chi connectivity index (χ0) is 15.9. The van der Waals surface area contributed by atoms with E-state index in [0.29, 0.717) is 18.5 Å². The van der Waals surface area contributed by atoms with Crippen LogP contribution in [-0.2, 0) is 6.54 Å². The van der Waals surface area contributed by atoms with Crippen molar-refractivity contribution in [3.63, 3.8) is 0 Å². The van der Waals surface area contributed by atoms with Crippen LogP contribution in [0, 0.1) is 5.92 Å². The summed E-state index contributed by atoms with van der Waals surface area (Å²) in [6.45, 7) is 7.26. The Bertz CT molecular complexity index is 601. The van der Waals surface area contributed by atoms with Crippen molar-refractivity contribution in [2.24, 2.45) is 10.9 Å². The zero-order valence-corrected chi connectivity index (χ0v) is 13.7. The second-order valence-corrected chi connectivity index (χ2v) is 5.70. The van der Waals surface area contributed by atoms with Gasteiger partial charge in [-0.1, -0.05) is 32.0 Å². The van der Waals surface area contributed by atoms with Crippen LogP contribution in [0.3, 0.4) is 0 Å². The molecule has 1 atom stereocenters. The van der Waals surface area contributed by atoms with Crippen molar-refractivity contribution in [3.8, 4) is 5.69 Å². The van der Waals surface area contributed by atoms with E-state index in [1.807, 2.05) is 29.2 Å². The largest absolute Gasteiger partial charge is 0.354 e. The Morgan fingerprint density at radius 1 is 1.27 bits per heavy atom. The van der Waals surface area contributed by atoms with Gasteiger partial charge in [0.05, 0.1) is 12.0 Å². The van der Waals surface area contributed by atoms with Gasteiger partial charge in [0, 0.05) is 32.0 Å². The first kappa shape index (κ1) is 16.1. The lowest BCUT2D eigenvalue weighted by molar-refractivity contribution is 0.481. The van der Waals surface area contributed by atoms with Gasteiger partial charge in [0.2, 0.25) is 0 Å². The zero-order valence-electron chi connectivity index (χ0n) is 13.7. The predicted molar refractivity (Wildman–Crippen MR) is 91.2 cm³/mol. The van der Waals surface area contributed by atoms with Gasteiger partial charge in [-0.15, -0.1) is 0 Å². The topological polar surface area (TPSA) is 54.2 Å². The van der Waals surface area contributed by atoms with E-state index in [1.54, 1.807) is 13.2 Å². The Kier molecular flexibility index (Phi) is 5.58. The molecule has 2 N–H and O–H groups in total. The van der Waals surface area contributed by atoms with Crippen molar-refractivity contribution in [1.29, 1.82) is 0 Å². The fourth-order valence-electron chi connectivity index (χ4n) is 2.07. The van der Waals surface area contributed by atoms with Gasteiger partial charge in [-0.2, -0.15) is 0 Å². The summed E-state index contributed by atoms with van der Waals surface area (Å²) in [7, 11) is 1.80. The highest BCUT2D eigenvalue weighted by molar-refractivity contribution is 5.80. The maximum absolute atomic E-state index is 4.29. The van der Waals surface area contributed by atoms with Gasteiger partial charge in [0.1, 0.15) is 0 Å². The lowest BCUT2D eigenvalue weighted by atomic mass is 10.1. The molecule has 1 heterocycles. The molecule has 5 heteroatoms. The van der Waals surface area contributed by atoms with E-state index in [4.69, 9.17) is 0 Å². The highest BCUT2D eigenvalue weighted by atomic mass is 15.2. The molecule has 118 valence electrons. The van der Waals surface area contributed by atoms with Crippen LogP contribution < -0.4 is 10.6 Å². The van der Waals surface area contributed by atoms with Crippen LogP contribution in [0.4, 0.5) is 0 Å². The lowest BCUT2D eigenvalue weighted by Gasteiger charge is -2.21. The smallest absolute Gasteiger partial charge is 0.191 e. The van der Waals surface area contributed by atoms with E-state index < -0.39 is 0 Å². The van der Waals surface area contributed by atoms with E-state index in [-0.39, 0.29) is 0 Å². The summed E-state index contributed by atoms with van der Waals surface area (Å²) in [4.78, 5) is 8.41. The summed E-state index contributed by atoms with van der Waals surface area (Å²) in [5.74, 6) is 1.37. The number of nitrogens with one attached hydrogen (secondary N) is 2. The van der Waals surface area contributed by atoms with Crippen LogP contribution in [0.2, 0.25) is 0 Å². The summed E-state index contributed by atoms with van der Waals surface area (Å²) in [5, 5.41) is 6.79. The molecule has 0 saturated carbocycles. The molecule has 0 bridgehead atoms. The Morgan fingerprint density at radius 2 is 2.05 bits per heavy atom. The fraction of sp³-hybridized carbons (Fsp3) is 0.412. The highest BCUT2D eigenvalue weighted by Gasteiger charge is 2.09. The molecule has 2 aromatic rings. The fourth-order valence-corrected chi connectivity index (χ4v) is 2.07. The Morgan fingerprint density at radius 3 is 2.68 bits per heavy atom. The van der Waals surface area contributed by atoms with E-state index in [9.17, 15) is 0 Å². The second-order valence-electron chi connectivity index (χ2n) is 5.70. The Hall–Kier alpha value is -2.30. The molecule has 0 aliphatic carbocycles. The standard InChI is InChI=1S/C17H25N5/c1-13(2)14(3)21-17(18-4)20-11-15-7-5-6-8-16(15)22-10-9-19-12-22/h5-10,12-14H,11H2,1-4H3,(H2,18,20,21). The average Bonchev–Trinajstić information content (AvgIpc) is 3.05. The van der Waals surface area contributed by atoms with Crippen LogP contribution in [0.15, 0.2) is 48.0 Å². The third-order valence-electron chi connectivity index (χ3n) is 3.81. The van der Waals surface area contributed by atoms with Gasteiger partial charge in [0.25, 0.3) is 0 Å². The normalized spacial score (nSPS) is 13.2. The first-order valence-electron chi connectivity index (χ1n) is 7.65. The Balaban J connectivity index is 2.05. The van der Waals surface area contributed by atoms with Crippen molar-refractivity contribution in [2.75, 3.05) is 7.05 Å². The SMILES string of the molecule is CN=C(NCc1ccccc1-n1ccnc1)NC(C)C(C)C. The number of benzene rings is 1. The van der Waals surface area contributed by atoms with Gasteiger partial charge >= 0.3 is 0 Å². The van der Waals surface area contributed by atoms with Crippen LogP contribution >= 0.6 is 0 Å². The molecule has 5 nitrogen and oxygen atoms in total. The average molecular weight is 299 g/mol. The minimum Gasteiger partial charge on any atom is -0.354 e. The minimum atomic E-state index is 0.370. The van der Waals surface area contributed by atoms with Crippen molar-refractivity contribution < 1.29 is 0 Å². The molecule has 0 radical (unpaired) electrons. The van der Waals surface area contributed by atoms with Crippen molar-refractivity contribution >= 4 is 5.96 Å². The van der Waals surface area contributed by atoms with Crippen molar-refractivity contribution in [2.45, 2.75) is 33.4 Å². The maximum atomic E-state index is 4.29. The van der Waals surface area contributed by atoms with Crippen LogP contribution in [0.5, 0.6) is 0 Å². The number of hydrogen-bond donors (Lipinski definition) is 2. The molecule has 1 unspecified atom stereocenters. The summed E-state index contributed by atoms with van der Waals surface area (Å²) in [5.41, 5.74) is 2.32. The molecule has 0 spiro atoms.